The highest BCUT2D eigenvalue weighted by atomic mass is 35.5. The maximum absolute atomic E-state index is 6.15. The molecule has 1 aromatic carbocycles. The number of hydrogen-bond donors (Lipinski definition) is 0. The monoisotopic (exact) mass is 261 g/mol. The van der Waals surface area contributed by atoms with Crippen molar-refractivity contribution in [1.82, 2.24) is 14.8 Å². The fraction of sp³-hybridized carbons (Fsp3) is 0.429. The van der Waals surface area contributed by atoms with Gasteiger partial charge >= 0.3 is 0 Å². The minimum absolute atomic E-state index is 0.503. The van der Waals surface area contributed by atoms with Crippen molar-refractivity contribution in [3.8, 4) is 0 Å². The highest BCUT2D eigenvalue weighted by Crippen LogP contribution is 2.39. The van der Waals surface area contributed by atoms with E-state index in [1.165, 1.54) is 24.0 Å². The Morgan fingerprint density at radius 2 is 1.94 bits per heavy atom. The largest absolute Gasteiger partial charge is 0.297 e. The molecule has 0 amide bonds. The first kappa shape index (κ1) is 11.7. The lowest BCUT2D eigenvalue weighted by Gasteiger charge is -2.11. The normalized spacial score (nSPS) is 15.0. The minimum atomic E-state index is 0.503. The molecule has 0 N–H and O–H groups in total. The predicted octanol–water partition coefficient (Wildman–Crippen LogP) is 3.42. The quantitative estimate of drug-likeness (QED) is 0.844. The molecule has 3 rings (SSSR count). The van der Waals surface area contributed by atoms with E-state index in [0.717, 1.165) is 18.8 Å². The Bertz CT molecular complexity index is 558. The van der Waals surface area contributed by atoms with Crippen molar-refractivity contribution in [1.29, 1.82) is 0 Å². The van der Waals surface area contributed by atoms with Gasteiger partial charge in [0.05, 0.1) is 6.54 Å². The Labute approximate surface area is 112 Å². The molecule has 1 aliphatic carbocycles. The molecule has 1 aromatic heterocycles. The Morgan fingerprint density at radius 3 is 2.61 bits per heavy atom. The third-order valence-electron chi connectivity index (χ3n) is 3.50. The Morgan fingerprint density at radius 1 is 1.22 bits per heavy atom. The van der Waals surface area contributed by atoms with Crippen LogP contribution in [0.25, 0.3) is 0 Å². The fourth-order valence-corrected chi connectivity index (χ4v) is 2.50. The van der Waals surface area contributed by atoms with E-state index < -0.39 is 0 Å². The van der Waals surface area contributed by atoms with Crippen molar-refractivity contribution in [3.63, 3.8) is 0 Å². The molecule has 94 valence electrons. The third-order valence-corrected chi connectivity index (χ3v) is 3.78. The van der Waals surface area contributed by atoms with Gasteiger partial charge in [-0.3, -0.25) is 4.57 Å². The van der Waals surface area contributed by atoms with E-state index in [0.29, 0.717) is 11.2 Å². The molecule has 0 saturated heterocycles. The zero-order valence-corrected chi connectivity index (χ0v) is 11.2. The number of benzene rings is 1. The second-order valence-electron chi connectivity index (χ2n) is 4.81. The summed E-state index contributed by atoms with van der Waals surface area (Å²) < 4.78 is 2.05. The Hall–Kier alpha value is -1.35. The van der Waals surface area contributed by atoms with E-state index in [9.17, 15) is 0 Å². The van der Waals surface area contributed by atoms with Crippen LogP contribution in [0, 0.1) is 0 Å². The molecule has 4 heteroatoms. The summed E-state index contributed by atoms with van der Waals surface area (Å²) in [5.74, 6) is 1.62. The lowest BCUT2D eigenvalue weighted by atomic mass is 10.1. The standard InChI is InChI=1S/C14H16ClN3/c1-2-10-5-3-4-6-12(10)9-18-13(11-7-8-11)16-17-14(18)15/h3-6,11H,2,7-9H2,1H3. The maximum atomic E-state index is 6.15. The van der Waals surface area contributed by atoms with Crippen LogP contribution in [0.4, 0.5) is 0 Å². The van der Waals surface area contributed by atoms with Crippen molar-refractivity contribution < 1.29 is 0 Å². The zero-order chi connectivity index (χ0) is 12.5. The molecular formula is C14H16ClN3. The molecule has 0 unspecified atom stereocenters. The third kappa shape index (κ3) is 2.15. The summed E-state index contributed by atoms with van der Waals surface area (Å²) in [6.45, 7) is 2.95. The average Bonchev–Trinajstić information content (AvgIpc) is 3.17. The molecule has 1 saturated carbocycles. The summed E-state index contributed by atoms with van der Waals surface area (Å²) >= 11 is 6.15. The van der Waals surface area contributed by atoms with Crippen LogP contribution in [0.2, 0.25) is 5.28 Å². The highest BCUT2D eigenvalue weighted by molar-refractivity contribution is 6.28. The first-order valence-corrected chi connectivity index (χ1v) is 6.82. The Kier molecular flexibility index (Phi) is 3.08. The van der Waals surface area contributed by atoms with Crippen LogP contribution in [-0.4, -0.2) is 14.8 Å². The van der Waals surface area contributed by atoms with Gasteiger partial charge in [-0.2, -0.15) is 0 Å². The van der Waals surface area contributed by atoms with E-state index in [4.69, 9.17) is 11.6 Å². The molecule has 0 atom stereocenters. The summed E-state index contributed by atoms with van der Waals surface area (Å²) in [5, 5.41) is 8.72. The average molecular weight is 262 g/mol. The summed E-state index contributed by atoms with van der Waals surface area (Å²) in [4.78, 5) is 0. The summed E-state index contributed by atoms with van der Waals surface area (Å²) in [6, 6.07) is 8.48. The lowest BCUT2D eigenvalue weighted by Crippen LogP contribution is -2.06. The molecular weight excluding hydrogens is 246 g/mol. The number of rotatable bonds is 4. The van der Waals surface area contributed by atoms with Crippen molar-refractivity contribution in [2.45, 2.75) is 38.6 Å². The van der Waals surface area contributed by atoms with Crippen LogP contribution in [0.5, 0.6) is 0 Å². The van der Waals surface area contributed by atoms with Crippen LogP contribution >= 0.6 is 11.6 Å². The van der Waals surface area contributed by atoms with E-state index in [2.05, 4.69) is 41.4 Å². The van der Waals surface area contributed by atoms with Crippen molar-refractivity contribution in [2.75, 3.05) is 0 Å². The van der Waals surface area contributed by atoms with Gasteiger partial charge in [0.2, 0.25) is 5.28 Å². The highest BCUT2D eigenvalue weighted by Gasteiger charge is 2.30. The maximum Gasteiger partial charge on any atom is 0.225 e. The van der Waals surface area contributed by atoms with E-state index in [-0.39, 0.29) is 0 Å². The topological polar surface area (TPSA) is 30.7 Å². The van der Waals surface area contributed by atoms with Gasteiger partial charge in [0, 0.05) is 5.92 Å². The zero-order valence-electron chi connectivity index (χ0n) is 10.4. The molecule has 0 radical (unpaired) electrons. The number of hydrogen-bond acceptors (Lipinski definition) is 2. The smallest absolute Gasteiger partial charge is 0.225 e. The van der Waals surface area contributed by atoms with Crippen molar-refractivity contribution in [2.24, 2.45) is 0 Å². The molecule has 0 bridgehead atoms. The Balaban J connectivity index is 1.94. The van der Waals surface area contributed by atoms with Crippen LogP contribution in [-0.2, 0) is 13.0 Å². The molecule has 1 heterocycles. The van der Waals surface area contributed by atoms with Crippen molar-refractivity contribution in [3.05, 3.63) is 46.5 Å². The molecule has 0 aliphatic heterocycles. The molecule has 3 nitrogen and oxygen atoms in total. The van der Waals surface area contributed by atoms with E-state index >= 15 is 0 Å². The van der Waals surface area contributed by atoms with Gasteiger partial charge in [0.25, 0.3) is 0 Å². The number of aryl methyl sites for hydroxylation is 1. The van der Waals surface area contributed by atoms with E-state index in [1.807, 2.05) is 4.57 Å². The molecule has 2 aromatic rings. The number of halogens is 1. The molecule has 1 fully saturated rings. The molecule has 0 spiro atoms. The SMILES string of the molecule is CCc1ccccc1Cn1c(Cl)nnc1C1CC1. The number of aromatic nitrogens is 3. The van der Waals surface area contributed by atoms with Crippen LogP contribution < -0.4 is 0 Å². The van der Waals surface area contributed by atoms with Gasteiger partial charge < -0.3 is 0 Å². The fourth-order valence-electron chi connectivity index (χ4n) is 2.31. The van der Waals surface area contributed by atoms with Crippen molar-refractivity contribution >= 4 is 11.6 Å². The van der Waals surface area contributed by atoms with Gasteiger partial charge in [-0.05, 0) is 42.0 Å². The van der Waals surface area contributed by atoms with Gasteiger partial charge in [0.15, 0.2) is 0 Å². The van der Waals surface area contributed by atoms with Gasteiger partial charge in [-0.25, -0.2) is 0 Å². The lowest BCUT2D eigenvalue weighted by molar-refractivity contribution is 0.721. The summed E-state index contributed by atoms with van der Waals surface area (Å²) in [7, 11) is 0. The number of nitrogens with zero attached hydrogens (tertiary/aromatic N) is 3. The first-order valence-electron chi connectivity index (χ1n) is 6.45. The van der Waals surface area contributed by atoms with Gasteiger partial charge in [-0.15, -0.1) is 10.2 Å². The minimum Gasteiger partial charge on any atom is -0.297 e. The summed E-state index contributed by atoms with van der Waals surface area (Å²) in [6.07, 6.45) is 3.46. The van der Waals surface area contributed by atoms with Crippen LogP contribution in [0.1, 0.15) is 42.6 Å². The van der Waals surface area contributed by atoms with Crippen LogP contribution in [0.15, 0.2) is 24.3 Å². The van der Waals surface area contributed by atoms with Crippen LogP contribution in [0.3, 0.4) is 0 Å². The first-order chi connectivity index (χ1) is 8.79. The molecule has 1 aliphatic rings. The second kappa shape index (κ2) is 4.73. The second-order valence-corrected chi connectivity index (χ2v) is 5.15. The van der Waals surface area contributed by atoms with Gasteiger partial charge in [0.1, 0.15) is 5.82 Å². The predicted molar refractivity (Wildman–Crippen MR) is 71.9 cm³/mol. The van der Waals surface area contributed by atoms with E-state index in [1.54, 1.807) is 0 Å². The van der Waals surface area contributed by atoms with Gasteiger partial charge in [-0.1, -0.05) is 31.2 Å². The summed E-state index contributed by atoms with van der Waals surface area (Å²) in [5.41, 5.74) is 2.67. The molecule has 18 heavy (non-hydrogen) atoms.